The van der Waals surface area contributed by atoms with Crippen LogP contribution >= 0.6 is 0 Å². The van der Waals surface area contributed by atoms with Crippen LogP contribution in [0.3, 0.4) is 0 Å². The van der Waals surface area contributed by atoms with E-state index in [1.165, 1.54) is 25.1 Å². The largest absolute Gasteiger partial charge is 0.508 e. The topological polar surface area (TPSA) is 35.5 Å². The Labute approximate surface area is 139 Å². The molecule has 122 valence electrons. The molecule has 0 spiro atoms. The van der Waals surface area contributed by atoms with E-state index in [2.05, 4.69) is 40.5 Å². The van der Waals surface area contributed by atoms with Crippen LogP contribution in [0.4, 0.5) is 0 Å². The van der Waals surface area contributed by atoms with Crippen molar-refractivity contribution < 1.29 is 5.11 Å². The molecule has 1 fully saturated rings. The van der Waals surface area contributed by atoms with E-state index >= 15 is 0 Å². The molecule has 1 aliphatic rings. The van der Waals surface area contributed by atoms with Gasteiger partial charge in [0.1, 0.15) is 5.75 Å². The van der Waals surface area contributed by atoms with Gasteiger partial charge in [-0.2, -0.15) is 0 Å². The second kappa shape index (κ2) is 8.14. The summed E-state index contributed by atoms with van der Waals surface area (Å²) in [6.07, 6.45) is 2.42. The number of aromatic hydroxyl groups is 1. The number of benzene rings is 2. The molecule has 0 radical (unpaired) electrons. The predicted molar refractivity (Wildman–Crippen MR) is 94.5 cm³/mol. The van der Waals surface area contributed by atoms with Crippen LogP contribution in [0.2, 0.25) is 0 Å². The van der Waals surface area contributed by atoms with E-state index in [0.29, 0.717) is 5.75 Å². The monoisotopic (exact) mass is 310 g/mol. The molecule has 2 aromatic rings. The van der Waals surface area contributed by atoms with Gasteiger partial charge in [-0.25, -0.2) is 0 Å². The number of nitrogens with one attached hydrogen (secondary N) is 1. The third-order valence-corrected chi connectivity index (χ3v) is 4.60. The number of rotatable bonds is 7. The minimum Gasteiger partial charge on any atom is -0.508 e. The zero-order valence-corrected chi connectivity index (χ0v) is 13.6. The Balaban J connectivity index is 1.35. The van der Waals surface area contributed by atoms with Crippen LogP contribution in [0.15, 0.2) is 54.6 Å². The van der Waals surface area contributed by atoms with E-state index in [-0.39, 0.29) is 0 Å². The van der Waals surface area contributed by atoms with Gasteiger partial charge in [-0.05, 0) is 55.1 Å². The van der Waals surface area contributed by atoms with E-state index in [1.54, 1.807) is 6.07 Å². The lowest BCUT2D eigenvalue weighted by atomic mass is 10.1. The Morgan fingerprint density at radius 1 is 1.04 bits per heavy atom. The third kappa shape index (κ3) is 5.08. The van der Waals surface area contributed by atoms with Crippen molar-refractivity contribution in [2.45, 2.75) is 19.4 Å². The molecule has 0 unspecified atom stereocenters. The van der Waals surface area contributed by atoms with Gasteiger partial charge in [0, 0.05) is 19.6 Å². The molecule has 2 aromatic carbocycles. The normalized spacial score (nSPS) is 18.3. The van der Waals surface area contributed by atoms with Crippen molar-refractivity contribution in [3.05, 3.63) is 65.7 Å². The molecule has 23 heavy (non-hydrogen) atoms. The highest BCUT2D eigenvalue weighted by molar-refractivity contribution is 5.26. The Kier molecular flexibility index (Phi) is 5.67. The van der Waals surface area contributed by atoms with Gasteiger partial charge in [0.15, 0.2) is 0 Å². The number of hydrogen-bond donors (Lipinski definition) is 2. The summed E-state index contributed by atoms with van der Waals surface area (Å²) in [6.45, 7) is 5.45. The molecule has 0 saturated carbocycles. The lowest BCUT2D eigenvalue weighted by Gasteiger charge is -2.16. The van der Waals surface area contributed by atoms with E-state index in [4.69, 9.17) is 0 Å². The quantitative estimate of drug-likeness (QED) is 0.825. The summed E-state index contributed by atoms with van der Waals surface area (Å²) in [6, 6.07) is 18.2. The Hall–Kier alpha value is -1.84. The van der Waals surface area contributed by atoms with Crippen molar-refractivity contribution >= 4 is 0 Å². The first-order valence-corrected chi connectivity index (χ1v) is 8.54. The maximum Gasteiger partial charge on any atom is 0.115 e. The van der Waals surface area contributed by atoms with Crippen LogP contribution in [0.25, 0.3) is 0 Å². The first-order chi connectivity index (χ1) is 11.3. The minimum absolute atomic E-state index is 0.345. The molecule has 1 saturated heterocycles. The average Bonchev–Trinajstić information content (AvgIpc) is 3.02. The number of phenols is 1. The van der Waals surface area contributed by atoms with Crippen LogP contribution in [0.1, 0.15) is 17.5 Å². The SMILES string of the molecule is Oc1cccc(CNC[C@@H]2CCN(CCc3ccccc3)C2)c1. The molecule has 1 heterocycles. The van der Waals surface area contributed by atoms with Gasteiger partial charge in [-0.1, -0.05) is 42.5 Å². The lowest BCUT2D eigenvalue weighted by molar-refractivity contribution is 0.325. The summed E-state index contributed by atoms with van der Waals surface area (Å²) >= 11 is 0. The molecule has 1 aliphatic heterocycles. The molecule has 3 nitrogen and oxygen atoms in total. The van der Waals surface area contributed by atoms with Crippen molar-refractivity contribution in [1.82, 2.24) is 10.2 Å². The smallest absolute Gasteiger partial charge is 0.115 e. The molecular formula is C20H26N2O. The highest BCUT2D eigenvalue weighted by Gasteiger charge is 2.21. The fraction of sp³-hybridized carbons (Fsp3) is 0.400. The first-order valence-electron chi connectivity index (χ1n) is 8.54. The molecule has 2 N–H and O–H groups in total. The number of nitrogens with zero attached hydrogens (tertiary/aromatic N) is 1. The van der Waals surface area contributed by atoms with Crippen LogP contribution in [-0.4, -0.2) is 36.2 Å². The summed E-state index contributed by atoms with van der Waals surface area (Å²) < 4.78 is 0. The summed E-state index contributed by atoms with van der Waals surface area (Å²) in [5.74, 6) is 1.08. The molecule has 0 aromatic heterocycles. The fourth-order valence-corrected chi connectivity index (χ4v) is 3.30. The van der Waals surface area contributed by atoms with Crippen LogP contribution in [-0.2, 0) is 13.0 Å². The summed E-state index contributed by atoms with van der Waals surface area (Å²) in [7, 11) is 0. The molecule has 0 aliphatic carbocycles. The van der Waals surface area contributed by atoms with Crippen molar-refractivity contribution in [3.8, 4) is 5.75 Å². The van der Waals surface area contributed by atoms with E-state index in [0.717, 1.165) is 37.5 Å². The van der Waals surface area contributed by atoms with Gasteiger partial charge in [-0.3, -0.25) is 0 Å². The van der Waals surface area contributed by atoms with E-state index in [1.807, 2.05) is 18.2 Å². The van der Waals surface area contributed by atoms with Gasteiger partial charge < -0.3 is 15.3 Å². The van der Waals surface area contributed by atoms with Gasteiger partial charge >= 0.3 is 0 Å². The van der Waals surface area contributed by atoms with Crippen LogP contribution in [0, 0.1) is 5.92 Å². The standard InChI is InChI=1S/C20H26N2O/c23-20-8-4-7-18(13-20)14-21-15-19-10-12-22(16-19)11-9-17-5-2-1-3-6-17/h1-8,13,19,21,23H,9-12,14-16H2/t19-/m0/s1. The molecule has 3 heteroatoms. The first kappa shape index (κ1) is 16.0. The second-order valence-corrected chi connectivity index (χ2v) is 6.49. The predicted octanol–water partition coefficient (Wildman–Crippen LogP) is 3.05. The third-order valence-electron chi connectivity index (χ3n) is 4.60. The molecule has 0 amide bonds. The van der Waals surface area contributed by atoms with Gasteiger partial charge in [0.2, 0.25) is 0 Å². The van der Waals surface area contributed by atoms with E-state index < -0.39 is 0 Å². The van der Waals surface area contributed by atoms with Crippen molar-refractivity contribution in [3.63, 3.8) is 0 Å². The van der Waals surface area contributed by atoms with Crippen molar-refractivity contribution in [2.75, 3.05) is 26.2 Å². The van der Waals surface area contributed by atoms with Gasteiger partial charge in [0.05, 0.1) is 0 Å². The van der Waals surface area contributed by atoms with E-state index in [9.17, 15) is 5.11 Å². The average molecular weight is 310 g/mol. The molecule has 1 atom stereocenters. The highest BCUT2D eigenvalue weighted by atomic mass is 16.3. The Morgan fingerprint density at radius 2 is 1.87 bits per heavy atom. The van der Waals surface area contributed by atoms with Gasteiger partial charge in [0.25, 0.3) is 0 Å². The molecule has 3 rings (SSSR count). The molecule has 0 bridgehead atoms. The summed E-state index contributed by atoms with van der Waals surface area (Å²) in [4.78, 5) is 2.58. The van der Waals surface area contributed by atoms with Crippen molar-refractivity contribution in [1.29, 1.82) is 0 Å². The van der Waals surface area contributed by atoms with Crippen LogP contribution in [0.5, 0.6) is 5.75 Å². The number of likely N-dealkylation sites (tertiary alicyclic amines) is 1. The molecular weight excluding hydrogens is 284 g/mol. The fourth-order valence-electron chi connectivity index (χ4n) is 3.30. The van der Waals surface area contributed by atoms with Gasteiger partial charge in [-0.15, -0.1) is 0 Å². The Bertz CT molecular complexity index is 600. The second-order valence-electron chi connectivity index (χ2n) is 6.49. The maximum atomic E-state index is 9.48. The maximum absolute atomic E-state index is 9.48. The zero-order chi connectivity index (χ0) is 15.9. The Morgan fingerprint density at radius 3 is 2.70 bits per heavy atom. The highest BCUT2D eigenvalue weighted by Crippen LogP contribution is 2.16. The summed E-state index contributed by atoms with van der Waals surface area (Å²) in [5.41, 5.74) is 2.57. The van der Waals surface area contributed by atoms with Crippen molar-refractivity contribution in [2.24, 2.45) is 5.92 Å². The number of phenolic OH excluding ortho intramolecular Hbond substituents is 1. The number of hydrogen-bond acceptors (Lipinski definition) is 3. The summed E-state index contributed by atoms with van der Waals surface area (Å²) in [5, 5.41) is 13.0. The lowest BCUT2D eigenvalue weighted by Crippen LogP contribution is -2.27. The minimum atomic E-state index is 0.345. The zero-order valence-electron chi connectivity index (χ0n) is 13.6. The van der Waals surface area contributed by atoms with Crippen LogP contribution < -0.4 is 5.32 Å².